The zero-order valence-corrected chi connectivity index (χ0v) is 10.1. The van der Waals surface area contributed by atoms with E-state index in [0.29, 0.717) is 0 Å². The summed E-state index contributed by atoms with van der Waals surface area (Å²) in [4.78, 5) is 13.5. The van der Waals surface area contributed by atoms with Crippen LogP contribution in [0.1, 0.15) is 26.2 Å². The molecule has 0 radical (unpaired) electrons. The van der Waals surface area contributed by atoms with E-state index in [9.17, 15) is 4.79 Å². The maximum Gasteiger partial charge on any atom is 0.321 e. The van der Waals surface area contributed by atoms with Crippen molar-refractivity contribution in [2.75, 3.05) is 18.5 Å². The maximum atomic E-state index is 11.7. The molecule has 0 fully saturated rings. The zero-order chi connectivity index (χ0) is 11.8. The third-order valence-electron chi connectivity index (χ3n) is 2.51. The fraction of sp³-hybridized carbons (Fsp3) is 0.462. The third kappa shape index (κ3) is 3.57. The van der Waals surface area contributed by atoms with Crippen molar-refractivity contribution in [1.82, 2.24) is 5.32 Å². The third-order valence-corrected chi connectivity index (χ3v) is 2.51. The fourth-order valence-corrected chi connectivity index (χ4v) is 1.61. The van der Waals surface area contributed by atoms with Gasteiger partial charge in [-0.3, -0.25) is 4.90 Å². The number of anilines is 1. The molecule has 0 spiro atoms. The van der Waals surface area contributed by atoms with E-state index in [-0.39, 0.29) is 6.03 Å². The highest BCUT2D eigenvalue weighted by atomic mass is 16.2. The standard InChI is InChI=1S/C13H20N2O/c1-3-4-8-11-15(13(16)14-2)12-9-6-5-7-10-12/h5-7,9-10H,3-4,8,11H2,1-2H3,(H,14,16). The lowest BCUT2D eigenvalue weighted by Crippen LogP contribution is -2.38. The highest BCUT2D eigenvalue weighted by Gasteiger charge is 2.12. The Balaban J connectivity index is 2.68. The van der Waals surface area contributed by atoms with E-state index >= 15 is 0 Å². The van der Waals surface area contributed by atoms with E-state index in [0.717, 1.165) is 31.5 Å². The molecule has 1 aromatic carbocycles. The molecule has 0 aliphatic heterocycles. The van der Waals surface area contributed by atoms with Crippen LogP contribution in [-0.4, -0.2) is 19.6 Å². The van der Waals surface area contributed by atoms with Crippen LogP contribution in [0.5, 0.6) is 0 Å². The molecule has 0 saturated heterocycles. The van der Waals surface area contributed by atoms with E-state index in [1.54, 1.807) is 11.9 Å². The summed E-state index contributed by atoms with van der Waals surface area (Å²) in [5.41, 5.74) is 0.956. The van der Waals surface area contributed by atoms with Gasteiger partial charge in [0.05, 0.1) is 0 Å². The summed E-state index contributed by atoms with van der Waals surface area (Å²) in [5, 5.41) is 2.68. The molecule has 0 aliphatic rings. The van der Waals surface area contributed by atoms with Gasteiger partial charge in [0.15, 0.2) is 0 Å². The van der Waals surface area contributed by atoms with Crippen molar-refractivity contribution in [2.45, 2.75) is 26.2 Å². The van der Waals surface area contributed by atoms with Crippen molar-refractivity contribution in [3.63, 3.8) is 0 Å². The molecule has 1 N–H and O–H groups in total. The Morgan fingerprint density at radius 1 is 1.25 bits per heavy atom. The maximum absolute atomic E-state index is 11.7. The molecule has 2 amide bonds. The van der Waals surface area contributed by atoms with E-state index < -0.39 is 0 Å². The predicted octanol–water partition coefficient (Wildman–Crippen LogP) is 3.02. The minimum atomic E-state index is -0.0395. The number of amides is 2. The molecular weight excluding hydrogens is 200 g/mol. The van der Waals surface area contributed by atoms with Gasteiger partial charge >= 0.3 is 6.03 Å². The summed E-state index contributed by atoms with van der Waals surface area (Å²) < 4.78 is 0. The number of nitrogens with zero attached hydrogens (tertiary/aromatic N) is 1. The molecule has 0 saturated carbocycles. The molecule has 88 valence electrons. The summed E-state index contributed by atoms with van der Waals surface area (Å²) in [6.45, 7) is 2.93. The number of rotatable bonds is 5. The SMILES string of the molecule is CCCCCN(C(=O)NC)c1ccccc1. The van der Waals surface area contributed by atoms with Gasteiger partial charge in [0, 0.05) is 19.3 Å². The number of unbranched alkanes of at least 4 members (excludes halogenated alkanes) is 2. The Kier molecular flexibility index (Phi) is 5.40. The highest BCUT2D eigenvalue weighted by molar-refractivity contribution is 5.91. The minimum Gasteiger partial charge on any atom is -0.341 e. The van der Waals surface area contributed by atoms with Gasteiger partial charge in [-0.2, -0.15) is 0 Å². The molecule has 0 atom stereocenters. The molecule has 3 nitrogen and oxygen atoms in total. The van der Waals surface area contributed by atoms with Crippen molar-refractivity contribution in [3.8, 4) is 0 Å². The number of hydrogen-bond donors (Lipinski definition) is 1. The van der Waals surface area contributed by atoms with Gasteiger partial charge in [-0.05, 0) is 18.6 Å². The van der Waals surface area contributed by atoms with Gasteiger partial charge in [0.25, 0.3) is 0 Å². The first-order valence-electron chi connectivity index (χ1n) is 5.84. The van der Waals surface area contributed by atoms with Crippen LogP contribution in [-0.2, 0) is 0 Å². The van der Waals surface area contributed by atoms with Crippen LogP contribution in [0.4, 0.5) is 10.5 Å². The monoisotopic (exact) mass is 220 g/mol. The molecule has 1 rings (SSSR count). The van der Waals surface area contributed by atoms with Crippen LogP contribution in [0.2, 0.25) is 0 Å². The van der Waals surface area contributed by atoms with Gasteiger partial charge < -0.3 is 5.32 Å². The first-order chi connectivity index (χ1) is 7.79. The largest absolute Gasteiger partial charge is 0.341 e. The quantitative estimate of drug-likeness (QED) is 0.760. The van der Waals surface area contributed by atoms with Gasteiger partial charge in [-0.25, -0.2) is 4.79 Å². The number of para-hydroxylation sites is 1. The van der Waals surface area contributed by atoms with Crippen molar-refractivity contribution in [1.29, 1.82) is 0 Å². The Hall–Kier alpha value is -1.51. The van der Waals surface area contributed by atoms with Crippen LogP contribution in [0.25, 0.3) is 0 Å². The van der Waals surface area contributed by atoms with E-state index in [4.69, 9.17) is 0 Å². The van der Waals surface area contributed by atoms with E-state index in [1.165, 1.54) is 0 Å². The number of benzene rings is 1. The fourth-order valence-electron chi connectivity index (χ4n) is 1.61. The normalized spacial score (nSPS) is 9.88. The molecule has 0 heterocycles. The Labute approximate surface area is 97.5 Å². The first kappa shape index (κ1) is 12.6. The van der Waals surface area contributed by atoms with Crippen molar-refractivity contribution >= 4 is 11.7 Å². The van der Waals surface area contributed by atoms with Crippen molar-refractivity contribution < 1.29 is 4.79 Å². The second-order valence-corrected chi connectivity index (χ2v) is 3.75. The number of nitrogens with one attached hydrogen (secondary N) is 1. The van der Waals surface area contributed by atoms with E-state index in [1.807, 2.05) is 30.3 Å². The van der Waals surface area contributed by atoms with Crippen LogP contribution >= 0.6 is 0 Å². The minimum absolute atomic E-state index is 0.0395. The second-order valence-electron chi connectivity index (χ2n) is 3.75. The Morgan fingerprint density at radius 3 is 2.50 bits per heavy atom. The summed E-state index contributed by atoms with van der Waals surface area (Å²) in [7, 11) is 1.66. The van der Waals surface area contributed by atoms with Crippen molar-refractivity contribution in [2.24, 2.45) is 0 Å². The lowest BCUT2D eigenvalue weighted by molar-refractivity contribution is 0.248. The molecule has 3 heteroatoms. The molecule has 0 aromatic heterocycles. The van der Waals surface area contributed by atoms with Crippen LogP contribution in [0, 0.1) is 0 Å². The van der Waals surface area contributed by atoms with Gasteiger partial charge in [-0.1, -0.05) is 38.0 Å². The summed E-state index contributed by atoms with van der Waals surface area (Å²) in [6, 6.07) is 9.73. The number of hydrogen-bond acceptors (Lipinski definition) is 1. The lowest BCUT2D eigenvalue weighted by Gasteiger charge is -2.22. The molecular formula is C13H20N2O. The lowest BCUT2D eigenvalue weighted by atomic mass is 10.2. The smallest absolute Gasteiger partial charge is 0.321 e. The van der Waals surface area contributed by atoms with Gasteiger partial charge in [0.2, 0.25) is 0 Å². The Morgan fingerprint density at radius 2 is 1.94 bits per heavy atom. The summed E-state index contributed by atoms with van der Waals surface area (Å²) >= 11 is 0. The number of carbonyl (C=O) groups is 1. The van der Waals surface area contributed by atoms with E-state index in [2.05, 4.69) is 12.2 Å². The molecule has 16 heavy (non-hydrogen) atoms. The molecule has 0 bridgehead atoms. The number of carbonyl (C=O) groups excluding carboxylic acids is 1. The molecule has 1 aromatic rings. The Bertz CT molecular complexity index is 311. The van der Waals surface area contributed by atoms with Gasteiger partial charge in [-0.15, -0.1) is 0 Å². The predicted molar refractivity (Wildman–Crippen MR) is 67.8 cm³/mol. The van der Waals surface area contributed by atoms with Gasteiger partial charge in [0.1, 0.15) is 0 Å². The molecule has 0 unspecified atom stereocenters. The zero-order valence-electron chi connectivity index (χ0n) is 10.1. The van der Waals surface area contributed by atoms with Crippen LogP contribution in [0.3, 0.4) is 0 Å². The van der Waals surface area contributed by atoms with Crippen LogP contribution in [0.15, 0.2) is 30.3 Å². The highest BCUT2D eigenvalue weighted by Crippen LogP contribution is 2.14. The topological polar surface area (TPSA) is 32.3 Å². The number of urea groups is 1. The average Bonchev–Trinajstić information content (AvgIpc) is 2.35. The molecule has 0 aliphatic carbocycles. The van der Waals surface area contributed by atoms with Crippen LogP contribution < -0.4 is 10.2 Å². The second kappa shape index (κ2) is 6.88. The summed E-state index contributed by atoms with van der Waals surface area (Å²) in [5.74, 6) is 0. The average molecular weight is 220 g/mol. The first-order valence-corrected chi connectivity index (χ1v) is 5.84. The summed E-state index contributed by atoms with van der Waals surface area (Å²) in [6.07, 6.45) is 3.36. The van der Waals surface area contributed by atoms with Crippen molar-refractivity contribution in [3.05, 3.63) is 30.3 Å².